The third kappa shape index (κ3) is 11.6. The van der Waals surface area contributed by atoms with Gasteiger partial charge in [0.2, 0.25) is 0 Å². The molecular weight excluding hydrogens is 925 g/mol. The number of aromatic carboxylic acids is 1. The molecule has 0 saturated heterocycles. The number of azo groups is 2. The van der Waals surface area contributed by atoms with Crippen molar-refractivity contribution in [2.45, 2.75) is 11.8 Å². The molecule has 0 aliphatic carbocycles. The Bertz CT molecular complexity index is 3280. The van der Waals surface area contributed by atoms with E-state index in [4.69, 9.17) is 0 Å². The molecule has 0 saturated carbocycles. The van der Waals surface area contributed by atoms with Crippen LogP contribution in [0.2, 0.25) is 0 Å². The monoisotopic (exact) mass is 956 g/mol. The van der Waals surface area contributed by atoms with Gasteiger partial charge in [-0.3, -0.25) is 24.7 Å². The average Bonchev–Trinajstić information content (AvgIpc) is 3.58. The van der Waals surface area contributed by atoms with Crippen molar-refractivity contribution >= 4 is 72.3 Å². The number of sulfonamides is 1. The van der Waals surface area contributed by atoms with Gasteiger partial charge in [-0.15, -0.1) is 16.5 Å². The van der Waals surface area contributed by atoms with Gasteiger partial charge in [-0.1, -0.05) is 121 Å². The second-order valence-corrected chi connectivity index (χ2v) is 15.2. The minimum atomic E-state index is -4.25. The number of benzene rings is 7. The largest absolute Gasteiger partial charge is 3.00 e. The Morgan fingerprint density at radius 3 is 2.02 bits per heavy atom. The molecule has 0 unspecified atom stereocenters. The van der Waals surface area contributed by atoms with E-state index in [1.54, 1.807) is 37.3 Å². The van der Waals surface area contributed by atoms with Gasteiger partial charge in [0, 0.05) is 17.5 Å². The smallest absolute Gasteiger partial charge is 0.871 e. The number of fused-ring (bicyclic) bond motifs is 1. The van der Waals surface area contributed by atoms with Crippen LogP contribution in [-0.2, 0) is 26.8 Å². The average molecular weight is 957 g/mol. The molecule has 0 amide bonds. The number of hydrogen-bond donors (Lipinski definition) is 3. The van der Waals surface area contributed by atoms with Gasteiger partial charge in [0.15, 0.2) is 5.69 Å². The maximum atomic E-state index is 13.1. The quantitative estimate of drug-likeness (QED) is 0.0490. The van der Waals surface area contributed by atoms with E-state index in [0.717, 1.165) is 47.2 Å². The number of nitrogens with zero attached hydrogens (tertiary/aromatic N) is 7. The number of aromatic nitrogens is 2. The Morgan fingerprint density at radius 2 is 1.33 bits per heavy atom. The first kappa shape index (κ1) is 49.6. The summed E-state index contributed by atoms with van der Waals surface area (Å²) < 4.78 is 29.7. The van der Waals surface area contributed by atoms with Crippen molar-refractivity contribution in [2.24, 2.45) is 20.5 Å². The Balaban J connectivity index is 0.000000263. The predicted molar refractivity (Wildman–Crippen MR) is 235 cm³/mol. The number of H-pyrrole nitrogens is 1. The van der Waals surface area contributed by atoms with Crippen LogP contribution in [0.15, 0.2) is 188 Å². The number of nitro groups is 1. The van der Waals surface area contributed by atoms with E-state index >= 15 is 0 Å². The first-order valence-corrected chi connectivity index (χ1v) is 20.4. The molecule has 21 heteroatoms. The van der Waals surface area contributed by atoms with Crippen LogP contribution >= 0.6 is 0 Å². The SMILES string of the molecule is Cc1[nH]n(-c2ccccc2)c(=O)c1N=Nc1cc([N+](=O)[O-])ccc1[O-].O=C(O)c1ccccc1NS(=O)(=O)c1ccc([O-])c(N=Nc2c([N-]c3ccccc3)ccc3ccccc23)c1.[Co+3].[Na+]. The van der Waals surface area contributed by atoms with E-state index in [0.29, 0.717) is 28.4 Å². The summed E-state index contributed by atoms with van der Waals surface area (Å²) in [5, 5.41) is 69.7. The summed E-state index contributed by atoms with van der Waals surface area (Å²) in [6.07, 6.45) is 0. The van der Waals surface area contributed by atoms with E-state index in [9.17, 15) is 43.4 Å². The van der Waals surface area contributed by atoms with Gasteiger partial charge in [-0.2, -0.15) is 15.3 Å². The van der Waals surface area contributed by atoms with Gasteiger partial charge in [0.1, 0.15) is 0 Å². The number of aryl methyl sites for hydroxylation is 1. The van der Waals surface area contributed by atoms with E-state index in [-0.39, 0.29) is 85.2 Å². The number of anilines is 1. The summed E-state index contributed by atoms with van der Waals surface area (Å²) in [6.45, 7) is 1.64. The zero-order chi connectivity index (χ0) is 45.4. The van der Waals surface area contributed by atoms with Crippen molar-refractivity contribution in [3.8, 4) is 17.2 Å². The number of hydrogen-bond acceptors (Lipinski definition) is 12. The van der Waals surface area contributed by atoms with E-state index in [1.165, 1.54) is 28.9 Å². The minimum absolute atomic E-state index is 0. The van der Waals surface area contributed by atoms with E-state index < -0.39 is 38.0 Å². The molecule has 0 atom stereocenters. The van der Waals surface area contributed by atoms with Crippen LogP contribution in [0, 0.1) is 17.0 Å². The maximum absolute atomic E-state index is 13.1. The van der Waals surface area contributed by atoms with E-state index in [2.05, 4.69) is 35.6 Å². The van der Waals surface area contributed by atoms with Crippen LogP contribution in [-0.4, -0.2) is 34.2 Å². The summed E-state index contributed by atoms with van der Waals surface area (Å²) in [5.41, 5.74) is 1.28. The van der Waals surface area contributed by atoms with Crippen LogP contribution in [0.25, 0.3) is 21.8 Å². The van der Waals surface area contributed by atoms with E-state index in [1.807, 2.05) is 66.7 Å². The maximum Gasteiger partial charge on any atom is 3.00 e. The Hall–Kier alpha value is -7.46. The molecule has 3 N–H and O–H groups in total. The van der Waals surface area contributed by atoms with Crippen LogP contribution in [0.3, 0.4) is 0 Å². The summed E-state index contributed by atoms with van der Waals surface area (Å²) >= 11 is 0. The summed E-state index contributed by atoms with van der Waals surface area (Å²) in [7, 11) is -4.25. The van der Waals surface area contributed by atoms with Gasteiger partial charge in [-0.05, 0) is 48.7 Å². The summed E-state index contributed by atoms with van der Waals surface area (Å²) in [5.74, 6) is -2.35. The Morgan fingerprint density at radius 1 is 0.742 bits per heavy atom. The molecule has 0 radical (unpaired) electrons. The molecule has 18 nitrogen and oxygen atoms in total. The van der Waals surface area contributed by atoms with Crippen LogP contribution in [0.1, 0.15) is 16.1 Å². The zero-order valence-corrected chi connectivity index (χ0v) is 38.5. The van der Waals surface area contributed by atoms with Crippen molar-refractivity contribution in [3.63, 3.8) is 0 Å². The fourth-order valence-electron chi connectivity index (χ4n) is 6.10. The number of rotatable bonds is 12. The van der Waals surface area contributed by atoms with Crippen LogP contribution in [0.5, 0.6) is 11.5 Å². The molecule has 326 valence electrons. The minimum Gasteiger partial charge on any atom is -0.871 e. The Kier molecular flexibility index (Phi) is 16.5. The summed E-state index contributed by atoms with van der Waals surface area (Å²) in [4.78, 5) is 33.8. The van der Waals surface area contributed by atoms with Gasteiger partial charge < -0.3 is 20.6 Å². The number of nitro benzene ring substituents is 1. The molecule has 0 bridgehead atoms. The number of aromatic amines is 1. The van der Waals surface area contributed by atoms with Crippen molar-refractivity contribution < 1.29 is 79.8 Å². The molecule has 0 fully saturated rings. The first-order valence-electron chi connectivity index (χ1n) is 18.9. The zero-order valence-electron chi connectivity index (χ0n) is 34.6. The predicted octanol–water partition coefficient (Wildman–Crippen LogP) is 7.04. The van der Waals surface area contributed by atoms with Crippen molar-refractivity contribution in [1.29, 1.82) is 0 Å². The molecule has 8 aromatic rings. The molecule has 1 heterocycles. The van der Waals surface area contributed by atoms with Gasteiger partial charge >= 0.3 is 52.3 Å². The standard InChI is InChI=1S/C29H22N4O5S.C16H13N5O4.Co.Na/c34-27-17-15-21(39(37,38)33-24-13-7-6-12-23(24)29(35)36)18-26(27)31-32-28-22-11-5-4-8-19(22)14-16-25(28)30-20-9-2-1-3-10-20;1-10-15(16(23)20(19-10)11-5-3-2-4-6-11)18-17-13-9-12(21(24)25)7-8-14(13)22;;/h1-18,33H,(H3,30,31,32,34,35,36);2-9,19,22H,1H3;;/q;;+3;+1/p-3. The molecular formula is C45H32CoN9NaO9S+. The van der Waals surface area contributed by atoms with Crippen molar-refractivity contribution in [3.05, 3.63) is 195 Å². The molecule has 1 aromatic heterocycles. The normalized spacial score (nSPS) is 11.0. The third-order valence-electron chi connectivity index (χ3n) is 9.25. The van der Waals surface area contributed by atoms with Gasteiger partial charge in [-0.25, -0.2) is 17.9 Å². The molecule has 0 aliphatic heterocycles. The third-order valence-corrected chi connectivity index (χ3v) is 10.6. The molecule has 0 aliphatic rings. The second-order valence-electron chi connectivity index (χ2n) is 13.6. The fraction of sp³-hybridized carbons (Fsp3) is 0.0222. The van der Waals surface area contributed by atoms with Gasteiger partial charge in [0.05, 0.1) is 49.5 Å². The summed E-state index contributed by atoms with van der Waals surface area (Å²) in [6, 6.07) is 41.4. The topological polar surface area (TPSA) is 274 Å². The first-order chi connectivity index (χ1) is 30.8. The van der Waals surface area contributed by atoms with Crippen LogP contribution in [0.4, 0.5) is 45.5 Å². The molecule has 8 rings (SSSR count). The molecule has 7 aromatic carbocycles. The number of carbonyl (C=O) groups is 1. The number of nitrogens with one attached hydrogen (secondary N) is 2. The fourth-order valence-corrected chi connectivity index (χ4v) is 7.20. The van der Waals surface area contributed by atoms with Crippen LogP contribution < -0.4 is 50.1 Å². The van der Waals surface area contributed by atoms with Crippen molar-refractivity contribution in [2.75, 3.05) is 4.72 Å². The number of carboxylic acid groups (broad SMARTS) is 1. The molecule has 66 heavy (non-hydrogen) atoms. The Labute approximate surface area is 408 Å². The number of carboxylic acids is 1. The number of para-hydroxylation sites is 3. The van der Waals surface area contributed by atoms with Crippen molar-refractivity contribution in [1.82, 2.24) is 9.78 Å². The van der Waals surface area contributed by atoms with Gasteiger partial charge in [0.25, 0.3) is 21.3 Å². The second kappa shape index (κ2) is 21.9. The molecule has 0 spiro atoms. The number of non-ortho nitro benzene ring substituents is 1.